The maximum absolute atomic E-state index is 11.7. The van der Waals surface area contributed by atoms with Gasteiger partial charge in [0.15, 0.2) is 5.82 Å². The number of aliphatic carboxylic acids is 1. The Kier molecular flexibility index (Phi) is 7.69. The molecule has 2 N–H and O–H groups in total. The molecule has 0 spiro atoms. The SMILES string of the molecule is Cc1ncc([N+](=O)[O-])n1CCOC(=O)CCC(=O)NC(C(=O)O)C(C)C. The van der Waals surface area contributed by atoms with Crippen LogP contribution in [0.2, 0.25) is 0 Å². The zero-order valence-electron chi connectivity index (χ0n) is 14.8. The van der Waals surface area contributed by atoms with Gasteiger partial charge in [-0.1, -0.05) is 13.8 Å². The maximum atomic E-state index is 11.7. The summed E-state index contributed by atoms with van der Waals surface area (Å²) in [5, 5.41) is 22.2. The number of nitrogens with one attached hydrogen (secondary N) is 1. The van der Waals surface area contributed by atoms with Crippen molar-refractivity contribution in [2.24, 2.45) is 5.92 Å². The van der Waals surface area contributed by atoms with Crippen LogP contribution >= 0.6 is 0 Å². The number of carbonyl (C=O) groups is 3. The Morgan fingerprint density at radius 2 is 2.04 bits per heavy atom. The molecule has 1 amide bonds. The van der Waals surface area contributed by atoms with Crippen LogP contribution in [-0.4, -0.2) is 50.1 Å². The number of esters is 1. The van der Waals surface area contributed by atoms with Crippen LogP contribution in [0.5, 0.6) is 0 Å². The lowest BCUT2D eigenvalue weighted by Crippen LogP contribution is -2.44. The quantitative estimate of drug-likeness (QED) is 0.346. The second kappa shape index (κ2) is 9.49. The molecule has 0 aliphatic carbocycles. The summed E-state index contributed by atoms with van der Waals surface area (Å²) >= 11 is 0. The minimum atomic E-state index is -1.15. The van der Waals surface area contributed by atoms with Crippen LogP contribution in [0.3, 0.4) is 0 Å². The highest BCUT2D eigenvalue weighted by Crippen LogP contribution is 2.13. The highest BCUT2D eigenvalue weighted by molar-refractivity contribution is 5.85. The number of rotatable bonds is 10. The first-order valence-corrected chi connectivity index (χ1v) is 7.97. The zero-order chi connectivity index (χ0) is 19.9. The molecule has 11 nitrogen and oxygen atoms in total. The Hall–Kier alpha value is -2.98. The van der Waals surface area contributed by atoms with Gasteiger partial charge in [-0.15, -0.1) is 0 Å². The summed E-state index contributed by atoms with van der Waals surface area (Å²) in [6.45, 7) is 4.86. The van der Waals surface area contributed by atoms with Crippen molar-refractivity contribution >= 4 is 23.7 Å². The van der Waals surface area contributed by atoms with Crippen molar-refractivity contribution in [1.29, 1.82) is 0 Å². The van der Waals surface area contributed by atoms with Crippen LogP contribution in [-0.2, 0) is 25.7 Å². The predicted octanol–water partition coefficient (Wildman–Crippen LogP) is 0.649. The van der Waals surface area contributed by atoms with Crippen LogP contribution in [0.4, 0.5) is 5.82 Å². The first-order chi connectivity index (χ1) is 12.1. The smallest absolute Gasteiger partial charge is 0.342 e. The summed E-state index contributed by atoms with van der Waals surface area (Å²) in [6.07, 6.45) is 0.690. The van der Waals surface area contributed by atoms with E-state index in [0.29, 0.717) is 5.82 Å². The van der Waals surface area contributed by atoms with Crippen molar-refractivity contribution in [3.05, 3.63) is 22.1 Å². The van der Waals surface area contributed by atoms with Crippen LogP contribution in [0.1, 0.15) is 32.5 Å². The molecule has 11 heteroatoms. The Morgan fingerprint density at radius 3 is 2.58 bits per heavy atom. The second-order valence-corrected chi connectivity index (χ2v) is 5.92. The number of ether oxygens (including phenoxy) is 1. The number of amides is 1. The van der Waals surface area contributed by atoms with Crippen LogP contribution in [0.25, 0.3) is 0 Å². The van der Waals surface area contributed by atoms with Gasteiger partial charge in [0.2, 0.25) is 5.91 Å². The van der Waals surface area contributed by atoms with Crippen LogP contribution in [0.15, 0.2) is 6.20 Å². The van der Waals surface area contributed by atoms with Crippen molar-refractivity contribution < 1.29 is 29.2 Å². The molecule has 0 fully saturated rings. The van der Waals surface area contributed by atoms with Gasteiger partial charge in [-0.2, -0.15) is 0 Å². The van der Waals surface area contributed by atoms with Crippen molar-refractivity contribution in [2.45, 2.75) is 46.2 Å². The Morgan fingerprint density at radius 1 is 1.38 bits per heavy atom. The molecular formula is C15H22N4O7. The normalized spacial score (nSPS) is 11.8. The molecule has 0 radical (unpaired) electrons. The van der Waals surface area contributed by atoms with E-state index in [9.17, 15) is 24.5 Å². The van der Waals surface area contributed by atoms with Gasteiger partial charge in [0.1, 0.15) is 25.4 Å². The van der Waals surface area contributed by atoms with E-state index in [0.717, 1.165) is 6.20 Å². The van der Waals surface area contributed by atoms with Crippen molar-refractivity contribution in [3.63, 3.8) is 0 Å². The Labute approximate surface area is 149 Å². The largest absolute Gasteiger partial charge is 0.480 e. The molecular weight excluding hydrogens is 348 g/mol. The average Bonchev–Trinajstić information content (AvgIpc) is 2.91. The molecule has 1 aromatic rings. The highest BCUT2D eigenvalue weighted by Gasteiger charge is 2.23. The third-order valence-corrected chi connectivity index (χ3v) is 3.60. The number of carbonyl (C=O) groups excluding carboxylic acids is 2. The molecule has 1 heterocycles. The predicted molar refractivity (Wildman–Crippen MR) is 88.2 cm³/mol. The fourth-order valence-electron chi connectivity index (χ4n) is 2.18. The Balaban J connectivity index is 2.39. The Bertz CT molecular complexity index is 684. The molecule has 0 aromatic carbocycles. The van der Waals surface area contributed by atoms with E-state index >= 15 is 0 Å². The summed E-state index contributed by atoms with van der Waals surface area (Å²) in [5.41, 5.74) is 0. The molecule has 0 aliphatic rings. The first kappa shape index (κ1) is 21.1. The molecule has 0 aliphatic heterocycles. The van der Waals surface area contributed by atoms with E-state index in [2.05, 4.69) is 10.3 Å². The summed E-state index contributed by atoms with van der Waals surface area (Å²) in [5.74, 6) is -2.45. The molecule has 1 atom stereocenters. The molecule has 0 saturated heterocycles. The molecule has 1 unspecified atom stereocenters. The summed E-state index contributed by atoms with van der Waals surface area (Å²) in [4.78, 5) is 48.5. The fraction of sp³-hybridized carbons (Fsp3) is 0.600. The number of carboxylic acid groups (broad SMARTS) is 1. The number of hydrogen-bond acceptors (Lipinski definition) is 7. The van der Waals surface area contributed by atoms with Crippen molar-refractivity contribution in [1.82, 2.24) is 14.9 Å². The lowest BCUT2D eigenvalue weighted by molar-refractivity contribution is -0.392. The van der Waals surface area contributed by atoms with Gasteiger partial charge in [-0.05, 0) is 10.8 Å². The minimum Gasteiger partial charge on any atom is -0.480 e. The molecule has 26 heavy (non-hydrogen) atoms. The molecule has 1 aromatic heterocycles. The number of aromatic nitrogens is 2. The van der Waals surface area contributed by atoms with Gasteiger partial charge >= 0.3 is 17.8 Å². The van der Waals surface area contributed by atoms with Gasteiger partial charge < -0.3 is 25.3 Å². The van der Waals surface area contributed by atoms with Gasteiger partial charge in [0.25, 0.3) is 0 Å². The highest BCUT2D eigenvalue weighted by atomic mass is 16.6. The standard InChI is InChI=1S/C15H22N4O7/c1-9(2)14(15(22)23)17-11(20)4-5-13(21)26-7-6-18-10(3)16-8-12(18)19(24)25/h8-9,14H,4-7H2,1-3H3,(H,17,20)(H,22,23). The average molecular weight is 370 g/mol. The molecule has 0 bridgehead atoms. The van der Waals surface area contributed by atoms with E-state index in [1.54, 1.807) is 20.8 Å². The van der Waals surface area contributed by atoms with Gasteiger partial charge in [0.05, 0.1) is 6.42 Å². The van der Waals surface area contributed by atoms with E-state index in [4.69, 9.17) is 9.84 Å². The topological polar surface area (TPSA) is 154 Å². The fourth-order valence-corrected chi connectivity index (χ4v) is 2.18. The summed E-state index contributed by atoms with van der Waals surface area (Å²) in [7, 11) is 0. The number of nitrogens with zero attached hydrogens (tertiary/aromatic N) is 3. The molecule has 0 saturated carbocycles. The number of carboxylic acids is 1. The second-order valence-electron chi connectivity index (χ2n) is 5.92. The van der Waals surface area contributed by atoms with Crippen molar-refractivity contribution in [3.8, 4) is 0 Å². The zero-order valence-corrected chi connectivity index (χ0v) is 14.8. The monoisotopic (exact) mass is 370 g/mol. The summed E-state index contributed by atoms with van der Waals surface area (Å²) in [6, 6.07) is -1.02. The van der Waals surface area contributed by atoms with E-state index in [1.165, 1.54) is 4.57 Å². The number of hydrogen-bond donors (Lipinski definition) is 2. The van der Waals surface area contributed by atoms with Gasteiger partial charge in [-0.25, -0.2) is 14.3 Å². The van der Waals surface area contributed by atoms with E-state index < -0.39 is 28.8 Å². The number of imidazole rings is 1. The molecule has 144 valence electrons. The third kappa shape index (κ3) is 6.15. The van der Waals surface area contributed by atoms with Gasteiger partial charge in [0, 0.05) is 13.3 Å². The third-order valence-electron chi connectivity index (χ3n) is 3.60. The number of aryl methyl sites for hydroxylation is 1. The summed E-state index contributed by atoms with van der Waals surface area (Å²) < 4.78 is 6.25. The lowest BCUT2D eigenvalue weighted by atomic mass is 10.0. The maximum Gasteiger partial charge on any atom is 0.342 e. The lowest BCUT2D eigenvalue weighted by Gasteiger charge is -2.17. The number of nitro groups is 1. The van der Waals surface area contributed by atoms with Crippen LogP contribution < -0.4 is 5.32 Å². The minimum absolute atomic E-state index is 0.0640. The van der Waals surface area contributed by atoms with Crippen molar-refractivity contribution in [2.75, 3.05) is 6.61 Å². The van der Waals surface area contributed by atoms with Gasteiger partial charge in [-0.3, -0.25) is 9.59 Å². The van der Waals surface area contributed by atoms with E-state index in [-0.39, 0.29) is 37.7 Å². The first-order valence-electron chi connectivity index (χ1n) is 7.97. The molecule has 1 rings (SSSR count). The van der Waals surface area contributed by atoms with E-state index in [1.807, 2.05) is 0 Å². The van der Waals surface area contributed by atoms with Crippen LogP contribution in [0, 0.1) is 23.0 Å².